The van der Waals surface area contributed by atoms with Crippen LogP contribution in [0.3, 0.4) is 0 Å². The molecule has 1 unspecified atom stereocenters. The zero-order chi connectivity index (χ0) is 22.8. The lowest BCUT2D eigenvalue weighted by atomic mass is 10.0. The van der Waals surface area contributed by atoms with Crippen molar-refractivity contribution >= 4 is 11.8 Å². The topological polar surface area (TPSA) is 91.1 Å². The maximum absolute atomic E-state index is 12.2. The van der Waals surface area contributed by atoms with E-state index >= 15 is 0 Å². The first-order valence-corrected chi connectivity index (χ1v) is 10.5. The summed E-state index contributed by atoms with van der Waals surface area (Å²) < 4.78 is 17.1. The molecule has 1 atom stereocenters. The summed E-state index contributed by atoms with van der Waals surface area (Å²) in [6.45, 7) is 8.96. The van der Waals surface area contributed by atoms with Crippen LogP contribution >= 0.6 is 0 Å². The molecule has 7 nitrogen and oxygen atoms in total. The number of rotatable bonds is 12. The Morgan fingerprint density at radius 1 is 1.03 bits per heavy atom. The van der Waals surface area contributed by atoms with Gasteiger partial charge in [-0.1, -0.05) is 30.3 Å². The highest BCUT2D eigenvalue weighted by atomic mass is 16.5. The third kappa shape index (κ3) is 6.72. The molecule has 2 aromatic carbocycles. The molecule has 31 heavy (non-hydrogen) atoms. The lowest BCUT2D eigenvalue weighted by Crippen LogP contribution is -2.40. The van der Waals surface area contributed by atoms with Crippen molar-refractivity contribution in [3.8, 4) is 11.5 Å². The van der Waals surface area contributed by atoms with Crippen molar-refractivity contribution in [3.63, 3.8) is 0 Å². The van der Waals surface area contributed by atoms with Gasteiger partial charge in [-0.15, -0.1) is 0 Å². The maximum atomic E-state index is 12.2. The van der Waals surface area contributed by atoms with Crippen molar-refractivity contribution in [3.05, 3.63) is 59.2 Å². The maximum Gasteiger partial charge on any atom is 0.315 e. The van der Waals surface area contributed by atoms with Gasteiger partial charge >= 0.3 is 6.03 Å². The van der Waals surface area contributed by atoms with Crippen LogP contribution in [0.15, 0.2) is 42.5 Å². The molecule has 168 valence electrons. The molecule has 2 rings (SSSR count). The first-order valence-electron chi connectivity index (χ1n) is 10.5. The monoisotopic (exact) mass is 428 g/mol. The van der Waals surface area contributed by atoms with Gasteiger partial charge in [0.1, 0.15) is 17.1 Å². The number of amides is 2. The quantitative estimate of drug-likeness (QED) is 0.401. The molecule has 0 aliphatic carbocycles. The molecule has 0 radical (unpaired) electrons. The molecule has 0 aliphatic rings. The van der Waals surface area contributed by atoms with E-state index in [0.717, 1.165) is 11.1 Å². The summed E-state index contributed by atoms with van der Waals surface area (Å²) in [4.78, 5) is 25.9. The number of primary amides is 1. The van der Waals surface area contributed by atoms with Crippen molar-refractivity contribution in [2.45, 2.75) is 40.3 Å². The summed E-state index contributed by atoms with van der Waals surface area (Å²) >= 11 is 0. The largest absolute Gasteiger partial charge is 0.493 e. The average Bonchev–Trinajstić information content (AvgIpc) is 2.73. The van der Waals surface area contributed by atoms with Crippen molar-refractivity contribution in [1.82, 2.24) is 4.90 Å². The van der Waals surface area contributed by atoms with Crippen LogP contribution < -0.4 is 15.2 Å². The molecule has 2 N–H and O–H groups in total. The lowest BCUT2D eigenvalue weighted by Gasteiger charge is -2.29. The van der Waals surface area contributed by atoms with E-state index in [1.165, 1.54) is 11.8 Å². The molecule has 2 aromatic rings. The van der Waals surface area contributed by atoms with E-state index in [2.05, 4.69) is 0 Å². The second-order valence-corrected chi connectivity index (χ2v) is 7.06. The van der Waals surface area contributed by atoms with E-state index in [9.17, 15) is 9.59 Å². The third-order valence-corrected chi connectivity index (χ3v) is 4.86. The second kappa shape index (κ2) is 12.0. The van der Waals surface area contributed by atoms with E-state index in [-0.39, 0.29) is 11.8 Å². The Morgan fingerprint density at radius 2 is 1.61 bits per heavy atom. The fourth-order valence-corrected chi connectivity index (χ4v) is 3.34. The summed E-state index contributed by atoms with van der Waals surface area (Å²) in [5.74, 6) is 0.729. The fraction of sp³-hybridized carbons (Fsp3) is 0.417. The number of nitrogens with zero attached hydrogens (tertiary/aromatic N) is 1. The number of Topliss-reactive ketones (excluding diaryl/α,β-unsaturated/α-hetero) is 1. The Kier molecular flexibility index (Phi) is 9.34. The first-order chi connectivity index (χ1) is 14.9. The van der Waals surface area contributed by atoms with Crippen molar-refractivity contribution in [1.29, 1.82) is 0 Å². The van der Waals surface area contributed by atoms with Crippen LogP contribution in [0.5, 0.6) is 11.5 Å². The number of hydrogen-bond donors (Lipinski definition) is 1. The molecule has 0 bridgehead atoms. The van der Waals surface area contributed by atoms with E-state index in [1.54, 1.807) is 12.1 Å². The zero-order valence-electron chi connectivity index (χ0n) is 18.7. The summed E-state index contributed by atoms with van der Waals surface area (Å²) in [6, 6.07) is 12.4. The van der Waals surface area contributed by atoms with E-state index in [0.29, 0.717) is 50.0 Å². The standard InChI is InChI=1S/C24H32N2O5/c1-5-30-21-14-20(15-22(31-6-2)23(21)18(4)27)17(3)26(24(25)28)12-13-29-16-19-10-8-7-9-11-19/h7-11,14-15,17H,5-6,12-13,16H2,1-4H3,(H2,25,28). The normalized spacial score (nSPS) is 11.6. The van der Waals surface area contributed by atoms with Crippen LogP contribution in [0, 0.1) is 0 Å². The van der Waals surface area contributed by atoms with E-state index in [1.807, 2.05) is 51.1 Å². The van der Waals surface area contributed by atoms with Crippen LogP contribution in [0.4, 0.5) is 4.79 Å². The molecule has 0 saturated carbocycles. The molecule has 0 fully saturated rings. The Hall–Kier alpha value is -3.06. The van der Waals surface area contributed by atoms with Gasteiger partial charge in [0.05, 0.1) is 32.5 Å². The van der Waals surface area contributed by atoms with E-state index < -0.39 is 6.03 Å². The number of nitrogens with two attached hydrogens (primary N) is 1. The van der Waals surface area contributed by atoms with Crippen molar-refractivity contribution in [2.24, 2.45) is 5.73 Å². The second-order valence-electron chi connectivity index (χ2n) is 7.06. The minimum Gasteiger partial charge on any atom is -0.493 e. The van der Waals surface area contributed by atoms with E-state index in [4.69, 9.17) is 19.9 Å². The molecule has 7 heteroatoms. The Morgan fingerprint density at radius 3 is 2.10 bits per heavy atom. The Bertz CT molecular complexity index is 843. The summed E-state index contributed by atoms with van der Waals surface area (Å²) in [6.07, 6.45) is 0. The number of carbonyl (C=O) groups is 2. The molecule has 0 heterocycles. The molecule has 0 aromatic heterocycles. The Balaban J connectivity index is 2.20. The summed E-state index contributed by atoms with van der Waals surface area (Å²) in [7, 11) is 0. The lowest BCUT2D eigenvalue weighted by molar-refractivity contribution is 0.0914. The average molecular weight is 429 g/mol. The van der Waals surface area contributed by atoms with Crippen LogP contribution in [-0.2, 0) is 11.3 Å². The molecule has 0 spiro atoms. The minimum atomic E-state index is -0.553. The number of hydrogen-bond acceptors (Lipinski definition) is 5. The fourth-order valence-electron chi connectivity index (χ4n) is 3.34. The highest BCUT2D eigenvalue weighted by Gasteiger charge is 2.24. The number of carbonyl (C=O) groups excluding carboxylic acids is 2. The number of urea groups is 1. The van der Waals surface area contributed by atoms with Gasteiger partial charge in [-0.05, 0) is 51.0 Å². The van der Waals surface area contributed by atoms with Crippen LogP contribution in [0.2, 0.25) is 0 Å². The molecule has 0 aliphatic heterocycles. The first kappa shape index (κ1) is 24.2. The SMILES string of the molecule is CCOc1cc(C(C)N(CCOCc2ccccc2)C(N)=O)cc(OCC)c1C(C)=O. The smallest absolute Gasteiger partial charge is 0.315 e. The number of ether oxygens (including phenoxy) is 3. The minimum absolute atomic E-state index is 0.146. The number of ketones is 1. The van der Waals surface area contributed by atoms with Crippen LogP contribution in [0.25, 0.3) is 0 Å². The highest BCUT2D eigenvalue weighted by molar-refractivity contribution is 5.99. The van der Waals surface area contributed by atoms with Crippen LogP contribution in [-0.4, -0.2) is 43.1 Å². The van der Waals surface area contributed by atoms with Gasteiger partial charge < -0.3 is 24.8 Å². The predicted octanol–water partition coefficient (Wildman–Crippen LogP) is 4.35. The van der Waals surface area contributed by atoms with Gasteiger partial charge in [0.15, 0.2) is 5.78 Å². The predicted molar refractivity (Wildman–Crippen MR) is 120 cm³/mol. The molecular formula is C24H32N2O5. The van der Waals surface area contributed by atoms with Gasteiger partial charge in [-0.2, -0.15) is 0 Å². The number of benzene rings is 2. The summed E-state index contributed by atoms with van der Waals surface area (Å²) in [5, 5.41) is 0. The summed E-state index contributed by atoms with van der Waals surface area (Å²) in [5.41, 5.74) is 7.88. The van der Waals surface area contributed by atoms with Gasteiger partial charge in [-0.25, -0.2) is 4.79 Å². The molecular weight excluding hydrogens is 396 g/mol. The van der Waals surface area contributed by atoms with Gasteiger partial charge in [0, 0.05) is 6.54 Å². The zero-order valence-corrected chi connectivity index (χ0v) is 18.7. The van der Waals surface area contributed by atoms with Gasteiger partial charge in [0.25, 0.3) is 0 Å². The Labute approximate surface area is 184 Å². The third-order valence-electron chi connectivity index (χ3n) is 4.86. The van der Waals surface area contributed by atoms with Crippen molar-refractivity contribution < 1.29 is 23.8 Å². The van der Waals surface area contributed by atoms with Gasteiger partial charge in [0.2, 0.25) is 0 Å². The molecule has 2 amide bonds. The highest BCUT2D eigenvalue weighted by Crippen LogP contribution is 2.35. The van der Waals surface area contributed by atoms with Crippen molar-refractivity contribution in [2.75, 3.05) is 26.4 Å². The van der Waals surface area contributed by atoms with Crippen LogP contribution in [0.1, 0.15) is 55.2 Å². The molecule has 0 saturated heterocycles. The van der Waals surface area contributed by atoms with Gasteiger partial charge in [-0.3, -0.25) is 4.79 Å².